The third kappa shape index (κ3) is 4.61. The summed E-state index contributed by atoms with van der Waals surface area (Å²) in [5.74, 6) is 0.679. The number of ether oxygens (including phenoxy) is 1. The molecule has 5 heteroatoms. The molecule has 2 fully saturated rings. The van der Waals surface area contributed by atoms with E-state index in [1.807, 2.05) is 60.7 Å². The molecule has 1 aliphatic carbocycles. The zero-order valence-electron chi connectivity index (χ0n) is 15.1. The van der Waals surface area contributed by atoms with Gasteiger partial charge in [-0.25, -0.2) is 0 Å². The molecular formula is C22H22N2O2S. The highest BCUT2D eigenvalue weighted by Gasteiger charge is 2.26. The summed E-state index contributed by atoms with van der Waals surface area (Å²) < 4.78 is 5.99. The number of hydrogen-bond acceptors (Lipinski definition) is 4. The molecule has 1 amide bonds. The van der Waals surface area contributed by atoms with Crippen molar-refractivity contribution in [1.82, 2.24) is 5.32 Å². The first-order valence-corrected chi connectivity index (χ1v) is 10.1. The maximum atomic E-state index is 12.3. The van der Waals surface area contributed by atoms with Gasteiger partial charge in [0.25, 0.3) is 5.91 Å². The van der Waals surface area contributed by atoms with Gasteiger partial charge in [-0.2, -0.15) is 0 Å². The van der Waals surface area contributed by atoms with Gasteiger partial charge < -0.3 is 10.1 Å². The number of nitrogens with one attached hydrogen (secondary N) is 1. The van der Waals surface area contributed by atoms with Gasteiger partial charge in [0, 0.05) is 5.56 Å². The second-order valence-electron chi connectivity index (χ2n) is 6.75. The average molecular weight is 378 g/mol. The molecule has 1 heterocycles. The van der Waals surface area contributed by atoms with Crippen molar-refractivity contribution in [1.29, 1.82) is 0 Å². The fraction of sp³-hybridized carbons (Fsp3) is 0.273. The number of aliphatic imine (C=N–C) groups is 1. The van der Waals surface area contributed by atoms with Crippen LogP contribution < -0.4 is 10.1 Å². The smallest absolute Gasteiger partial charge is 0.264 e. The number of carbonyl (C=O) groups excluding carboxylic acids is 1. The fourth-order valence-electron chi connectivity index (χ4n) is 3.30. The molecule has 1 N–H and O–H groups in total. The van der Waals surface area contributed by atoms with Crippen molar-refractivity contribution < 1.29 is 9.53 Å². The Morgan fingerprint density at radius 1 is 1.07 bits per heavy atom. The highest BCUT2D eigenvalue weighted by molar-refractivity contribution is 8.18. The SMILES string of the molecule is O=C1NC(=NC2CCCC2)S/C1=C\c1ccccc1OCc1ccccc1. The van der Waals surface area contributed by atoms with Crippen molar-refractivity contribution in [2.45, 2.75) is 38.3 Å². The molecule has 27 heavy (non-hydrogen) atoms. The molecule has 2 aliphatic rings. The molecule has 2 aromatic rings. The van der Waals surface area contributed by atoms with E-state index in [0.29, 0.717) is 17.6 Å². The second kappa shape index (κ2) is 8.44. The Labute approximate surface area is 163 Å². The van der Waals surface area contributed by atoms with Crippen LogP contribution in [0, 0.1) is 0 Å². The Balaban J connectivity index is 1.49. The van der Waals surface area contributed by atoms with Crippen LogP contribution in [0.3, 0.4) is 0 Å². The molecular weight excluding hydrogens is 356 g/mol. The molecule has 0 aromatic heterocycles. The summed E-state index contributed by atoms with van der Waals surface area (Å²) in [6, 6.07) is 18.2. The Morgan fingerprint density at radius 2 is 1.81 bits per heavy atom. The van der Waals surface area contributed by atoms with Gasteiger partial charge in [0.2, 0.25) is 0 Å². The molecule has 4 nitrogen and oxygen atoms in total. The summed E-state index contributed by atoms with van der Waals surface area (Å²) in [5.41, 5.74) is 2.01. The first kappa shape index (κ1) is 17.9. The number of para-hydroxylation sites is 1. The standard InChI is InChI=1S/C22H22N2O2S/c25-21-20(27-22(24-21)23-18-11-5-6-12-18)14-17-10-4-7-13-19(17)26-15-16-8-2-1-3-9-16/h1-4,7-10,13-14,18H,5-6,11-12,15H2,(H,23,24,25)/b20-14-. The van der Waals surface area contributed by atoms with Crippen molar-refractivity contribution in [2.24, 2.45) is 4.99 Å². The van der Waals surface area contributed by atoms with Crippen LogP contribution in [-0.4, -0.2) is 17.1 Å². The van der Waals surface area contributed by atoms with E-state index in [4.69, 9.17) is 9.73 Å². The summed E-state index contributed by atoms with van der Waals surface area (Å²) in [5, 5.41) is 3.62. The van der Waals surface area contributed by atoms with Crippen LogP contribution >= 0.6 is 11.8 Å². The number of amidine groups is 1. The van der Waals surface area contributed by atoms with Crippen LogP contribution in [0.1, 0.15) is 36.8 Å². The van der Waals surface area contributed by atoms with E-state index in [-0.39, 0.29) is 5.91 Å². The average Bonchev–Trinajstić information content (AvgIpc) is 3.32. The zero-order chi connectivity index (χ0) is 18.5. The topological polar surface area (TPSA) is 50.7 Å². The van der Waals surface area contributed by atoms with Gasteiger partial charge in [0.15, 0.2) is 5.17 Å². The molecule has 4 rings (SSSR count). The van der Waals surface area contributed by atoms with Crippen molar-refractivity contribution >= 4 is 28.9 Å². The summed E-state index contributed by atoms with van der Waals surface area (Å²) >= 11 is 1.42. The lowest BCUT2D eigenvalue weighted by Gasteiger charge is -2.09. The number of thioether (sulfide) groups is 1. The van der Waals surface area contributed by atoms with E-state index >= 15 is 0 Å². The Kier molecular flexibility index (Phi) is 5.58. The lowest BCUT2D eigenvalue weighted by atomic mass is 10.2. The number of hydrogen-bond donors (Lipinski definition) is 1. The number of rotatable bonds is 5. The predicted molar refractivity (Wildman–Crippen MR) is 111 cm³/mol. The van der Waals surface area contributed by atoms with E-state index in [2.05, 4.69) is 5.32 Å². The van der Waals surface area contributed by atoms with Gasteiger partial charge in [-0.1, -0.05) is 61.4 Å². The molecule has 1 aliphatic heterocycles. The molecule has 0 atom stereocenters. The minimum atomic E-state index is -0.0883. The lowest BCUT2D eigenvalue weighted by molar-refractivity contribution is -0.115. The number of benzene rings is 2. The van der Waals surface area contributed by atoms with Crippen molar-refractivity contribution in [3.63, 3.8) is 0 Å². The molecule has 138 valence electrons. The van der Waals surface area contributed by atoms with Crippen molar-refractivity contribution in [3.05, 3.63) is 70.6 Å². The van der Waals surface area contributed by atoms with Gasteiger partial charge in [-0.05, 0) is 42.3 Å². The van der Waals surface area contributed by atoms with Gasteiger partial charge in [-0.3, -0.25) is 9.79 Å². The minimum Gasteiger partial charge on any atom is -0.488 e. The largest absolute Gasteiger partial charge is 0.488 e. The van der Waals surface area contributed by atoms with Gasteiger partial charge >= 0.3 is 0 Å². The van der Waals surface area contributed by atoms with Gasteiger partial charge in [0.05, 0.1) is 10.9 Å². The third-order valence-electron chi connectivity index (χ3n) is 4.72. The quantitative estimate of drug-likeness (QED) is 0.763. The molecule has 0 bridgehead atoms. The Hall–Kier alpha value is -2.53. The van der Waals surface area contributed by atoms with Gasteiger partial charge in [-0.15, -0.1) is 0 Å². The van der Waals surface area contributed by atoms with Crippen LogP contribution in [-0.2, 0) is 11.4 Å². The molecule has 1 saturated heterocycles. The molecule has 0 unspecified atom stereocenters. The van der Waals surface area contributed by atoms with E-state index in [9.17, 15) is 4.79 Å². The number of amides is 1. The third-order valence-corrected chi connectivity index (χ3v) is 5.64. The molecule has 1 saturated carbocycles. The molecule has 2 aromatic carbocycles. The van der Waals surface area contributed by atoms with Gasteiger partial charge in [0.1, 0.15) is 12.4 Å². The lowest BCUT2D eigenvalue weighted by Crippen LogP contribution is -2.21. The second-order valence-corrected chi connectivity index (χ2v) is 7.78. The van der Waals surface area contributed by atoms with Crippen LogP contribution in [0.5, 0.6) is 5.75 Å². The predicted octanol–water partition coefficient (Wildman–Crippen LogP) is 4.77. The van der Waals surface area contributed by atoms with Crippen LogP contribution in [0.2, 0.25) is 0 Å². The Morgan fingerprint density at radius 3 is 2.63 bits per heavy atom. The zero-order valence-corrected chi connectivity index (χ0v) is 15.9. The first-order valence-electron chi connectivity index (χ1n) is 9.32. The fourth-order valence-corrected chi connectivity index (χ4v) is 4.18. The summed E-state index contributed by atoms with van der Waals surface area (Å²) in [6.45, 7) is 0.495. The number of nitrogens with zero attached hydrogens (tertiary/aromatic N) is 1. The normalized spacial score (nSPS) is 20.4. The summed E-state index contributed by atoms with van der Waals surface area (Å²) in [7, 11) is 0. The van der Waals surface area contributed by atoms with Crippen LogP contribution in [0.4, 0.5) is 0 Å². The van der Waals surface area contributed by atoms with E-state index in [0.717, 1.165) is 34.9 Å². The van der Waals surface area contributed by atoms with E-state index in [1.165, 1.54) is 24.6 Å². The monoisotopic (exact) mass is 378 g/mol. The highest BCUT2D eigenvalue weighted by Crippen LogP contribution is 2.31. The maximum absolute atomic E-state index is 12.3. The van der Waals surface area contributed by atoms with Crippen LogP contribution in [0.25, 0.3) is 6.08 Å². The minimum absolute atomic E-state index is 0.0883. The highest BCUT2D eigenvalue weighted by atomic mass is 32.2. The Bertz CT molecular complexity index is 871. The van der Waals surface area contributed by atoms with E-state index < -0.39 is 0 Å². The van der Waals surface area contributed by atoms with Crippen molar-refractivity contribution in [3.8, 4) is 5.75 Å². The summed E-state index contributed by atoms with van der Waals surface area (Å²) in [6.07, 6.45) is 6.59. The summed E-state index contributed by atoms with van der Waals surface area (Å²) in [4.78, 5) is 17.7. The number of carbonyl (C=O) groups is 1. The maximum Gasteiger partial charge on any atom is 0.264 e. The molecule has 0 spiro atoms. The molecule has 0 radical (unpaired) electrons. The van der Waals surface area contributed by atoms with Crippen LogP contribution in [0.15, 0.2) is 64.5 Å². The van der Waals surface area contributed by atoms with Crippen molar-refractivity contribution in [2.75, 3.05) is 0 Å². The first-order chi connectivity index (χ1) is 13.3. The van der Waals surface area contributed by atoms with E-state index in [1.54, 1.807) is 0 Å².